The molecule has 0 radical (unpaired) electrons. The lowest BCUT2D eigenvalue weighted by molar-refractivity contribution is 0.153. The predicted octanol–water partition coefficient (Wildman–Crippen LogP) is 2.37. The summed E-state index contributed by atoms with van der Waals surface area (Å²) < 4.78 is 0. The van der Waals surface area contributed by atoms with E-state index in [0.29, 0.717) is 0 Å². The van der Waals surface area contributed by atoms with E-state index in [4.69, 9.17) is 0 Å². The maximum atomic E-state index is 11.0. The van der Waals surface area contributed by atoms with Crippen LogP contribution >= 0.6 is 0 Å². The SMILES string of the molecule is CN1CCCN(C)C1=O.Cc1ccccc1. The number of hydrogen-bond donors (Lipinski definition) is 0. The van der Waals surface area contributed by atoms with E-state index in [1.54, 1.807) is 9.80 Å². The minimum absolute atomic E-state index is 0.140. The number of benzene rings is 1. The first kappa shape index (κ1) is 12.6. The second-order valence-electron chi connectivity index (χ2n) is 4.13. The van der Waals surface area contributed by atoms with Crippen molar-refractivity contribution in [1.82, 2.24) is 9.80 Å². The van der Waals surface area contributed by atoms with Crippen LogP contribution < -0.4 is 0 Å². The highest BCUT2D eigenvalue weighted by molar-refractivity contribution is 5.74. The Bertz CT molecular complexity index is 312. The van der Waals surface area contributed by atoms with Gasteiger partial charge in [0, 0.05) is 27.2 Å². The van der Waals surface area contributed by atoms with Crippen LogP contribution in [0.4, 0.5) is 4.79 Å². The van der Waals surface area contributed by atoms with Crippen LogP contribution in [0.1, 0.15) is 12.0 Å². The summed E-state index contributed by atoms with van der Waals surface area (Å²) in [5, 5.41) is 0. The normalized spacial score (nSPS) is 15.6. The van der Waals surface area contributed by atoms with Gasteiger partial charge in [-0.1, -0.05) is 35.9 Å². The Balaban J connectivity index is 0.000000165. The first-order chi connectivity index (χ1) is 7.61. The summed E-state index contributed by atoms with van der Waals surface area (Å²) in [5.74, 6) is 0. The summed E-state index contributed by atoms with van der Waals surface area (Å²) in [7, 11) is 3.66. The molecule has 0 aromatic heterocycles. The Hall–Kier alpha value is -1.51. The highest BCUT2D eigenvalue weighted by Gasteiger charge is 2.17. The first-order valence-corrected chi connectivity index (χ1v) is 5.59. The molecule has 1 fully saturated rings. The van der Waals surface area contributed by atoms with Gasteiger partial charge in [0.25, 0.3) is 0 Å². The number of carbonyl (C=O) groups excluding carboxylic acids is 1. The van der Waals surface area contributed by atoms with Gasteiger partial charge in [-0.25, -0.2) is 4.79 Å². The maximum Gasteiger partial charge on any atom is 0.319 e. The lowest BCUT2D eigenvalue weighted by atomic mass is 10.2. The Morgan fingerprint density at radius 2 is 1.50 bits per heavy atom. The monoisotopic (exact) mass is 220 g/mol. The van der Waals surface area contributed by atoms with Gasteiger partial charge in [0.15, 0.2) is 0 Å². The summed E-state index contributed by atoms with van der Waals surface area (Å²) in [6.07, 6.45) is 1.10. The molecule has 1 aliphatic rings. The molecule has 1 aromatic rings. The number of amides is 2. The van der Waals surface area contributed by atoms with Crippen LogP contribution in [0.5, 0.6) is 0 Å². The van der Waals surface area contributed by atoms with E-state index in [2.05, 4.69) is 19.1 Å². The van der Waals surface area contributed by atoms with E-state index in [9.17, 15) is 4.79 Å². The van der Waals surface area contributed by atoms with Crippen molar-refractivity contribution < 1.29 is 4.79 Å². The molecule has 3 nitrogen and oxygen atoms in total. The van der Waals surface area contributed by atoms with Crippen molar-refractivity contribution in [1.29, 1.82) is 0 Å². The molecule has 2 rings (SSSR count). The lowest BCUT2D eigenvalue weighted by Crippen LogP contribution is -2.44. The maximum absolute atomic E-state index is 11.0. The van der Waals surface area contributed by atoms with E-state index < -0.39 is 0 Å². The van der Waals surface area contributed by atoms with E-state index in [0.717, 1.165) is 19.5 Å². The Labute approximate surface area is 97.7 Å². The second kappa shape index (κ2) is 6.16. The van der Waals surface area contributed by atoms with Crippen LogP contribution in [0, 0.1) is 6.92 Å². The standard InChI is InChI=1S/C7H8.C6H12N2O/c1-7-5-3-2-4-6-7;1-7-4-3-5-8(2)6(7)9/h2-6H,1H3;3-5H2,1-2H3. The third-order valence-corrected chi connectivity index (χ3v) is 2.58. The summed E-state index contributed by atoms with van der Waals surface area (Å²) in [6.45, 7) is 3.90. The third kappa shape index (κ3) is 3.93. The van der Waals surface area contributed by atoms with Crippen molar-refractivity contribution in [3.63, 3.8) is 0 Å². The molecular formula is C13H20N2O. The third-order valence-electron chi connectivity index (χ3n) is 2.58. The van der Waals surface area contributed by atoms with Gasteiger partial charge in [-0.3, -0.25) is 0 Å². The Kier molecular flexibility index (Phi) is 4.83. The first-order valence-electron chi connectivity index (χ1n) is 5.59. The van der Waals surface area contributed by atoms with Gasteiger partial charge in [-0.2, -0.15) is 0 Å². The van der Waals surface area contributed by atoms with E-state index in [1.165, 1.54) is 5.56 Å². The number of hydrogen-bond acceptors (Lipinski definition) is 1. The lowest BCUT2D eigenvalue weighted by Gasteiger charge is -2.30. The molecule has 1 saturated heterocycles. The zero-order valence-electron chi connectivity index (χ0n) is 10.3. The number of nitrogens with zero attached hydrogens (tertiary/aromatic N) is 2. The highest BCUT2D eigenvalue weighted by Crippen LogP contribution is 2.02. The van der Waals surface area contributed by atoms with Crippen LogP contribution in [-0.2, 0) is 0 Å². The Morgan fingerprint density at radius 1 is 1.00 bits per heavy atom. The van der Waals surface area contributed by atoms with E-state index in [-0.39, 0.29) is 6.03 Å². The summed E-state index contributed by atoms with van der Waals surface area (Å²) in [6, 6.07) is 10.4. The summed E-state index contributed by atoms with van der Waals surface area (Å²) >= 11 is 0. The van der Waals surface area contributed by atoms with Crippen molar-refractivity contribution in [3.8, 4) is 0 Å². The average Bonchev–Trinajstić information content (AvgIpc) is 2.28. The predicted molar refractivity (Wildman–Crippen MR) is 66.5 cm³/mol. The van der Waals surface area contributed by atoms with Gasteiger partial charge in [-0.15, -0.1) is 0 Å². The zero-order chi connectivity index (χ0) is 12.0. The number of carbonyl (C=O) groups is 1. The number of aryl methyl sites for hydroxylation is 1. The quantitative estimate of drug-likeness (QED) is 0.658. The van der Waals surface area contributed by atoms with Gasteiger partial charge in [-0.05, 0) is 13.3 Å². The molecule has 3 heteroatoms. The molecule has 0 saturated carbocycles. The average molecular weight is 220 g/mol. The molecule has 88 valence electrons. The van der Waals surface area contributed by atoms with Crippen LogP contribution in [-0.4, -0.2) is 43.0 Å². The molecule has 0 spiro atoms. The molecule has 2 amide bonds. The topological polar surface area (TPSA) is 23.6 Å². The van der Waals surface area contributed by atoms with Crippen molar-refractivity contribution in [2.24, 2.45) is 0 Å². The minimum Gasteiger partial charge on any atom is -0.328 e. The number of rotatable bonds is 0. The second-order valence-corrected chi connectivity index (χ2v) is 4.13. The fraction of sp³-hybridized carbons (Fsp3) is 0.462. The number of urea groups is 1. The van der Waals surface area contributed by atoms with Gasteiger partial charge < -0.3 is 9.80 Å². The molecule has 16 heavy (non-hydrogen) atoms. The Morgan fingerprint density at radius 3 is 1.81 bits per heavy atom. The smallest absolute Gasteiger partial charge is 0.319 e. The molecular weight excluding hydrogens is 200 g/mol. The van der Waals surface area contributed by atoms with E-state index >= 15 is 0 Å². The fourth-order valence-electron chi connectivity index (χ4n) is 1.56. The summed E-state index contributed by atoms with van der Waals surface area (Å²) in [4.78, 5) is 14.5. The minimum atomic E-state index is 0.140. The van der Waals surface area contributed by atoms with E-state index in [1.807, 2.05) is 32.3 Å². The summed E-state index contributed by atoms with van der Waals surface area (Å²) in [5.41, 5.74) is 1.32. The molecule has 1 heterocycles. The van der Waals surface area contributed by atoms with Crippen molar-refractivity contribution in [2.75, 3.05) is 27.2 Å². The molecule has 0 atom stereocenters. The van der Waals surface area contributed by atoms with Gasteiger partial charge in [0.1, 0.15) is 0 Å². The molecule has 0 N–H and O–H groups in total. The molecule has 1 aromatic carbocycles. The highest BCUT2D eigenvalue weighted by atomic mass is 16.2. The van der Waals surface area contributed by atoms with Crippen molar-refractivity contribution >= 4 is 6.03 Å². The van der Waals surface area contributed by atoms with Crippen molar-refractivity contribution in [2.45, 2.75) is 13.3 Å². The zero-order valence-corrected chi connectivity index (χ0v) is 10.3. The fourth-order valence-corrected chi connectivity index (χ4v) is 1.56. The largest absolute Gasteiger partial charge is 0.328 e. The van der Waals surface area contributed by atoms with Crippen LogP contribution in [0.2, 0.25) is 0 Å². The van der Waals surface area contributed by atoms with Crippen LogP contribution in [0.15, 0.2) is 30.3 Å². The van der Waals surface area contributed by atoms with Gasteiger partial charge >= 0.3 is 6.03 Å². The molecule has 0 aliphatic carbocycles. The molecule has 0 unspecified atom stereocenters. The molecule has 0 bridgehead atoms. The van der Waals surface area contributed by atoms with Crippen molar-refractivity contribution in [3.05, 3.63) is 35.9 Å². The van der Waals surface area contributed by atoms with Crippen LogP contribution in [0.3, 0.4) is 0 Å². The van der Waals surface area contributed by atoms with Gasteiger partial charge in [0.05, 0.1) is 0 Å². The van der Waals surface area contributed by atoms with Crippen LogP contribution in [0.25, 0.3) is 0 Å². The molecule has 1 aliphatic heterocycles. The van der Waals surface area contributed by atoms with Gasteiger partial charge in [0.2, 0.25) is 0 Å².